The average Bonchev–Trinajstić information content (AvgIpc) is 2.48. The van der Waals surface area contributed by atoms with Gasteiger partial charge < -0.3 is 4.52 Å². The van der Waals surface area contributed by atoms with Crippen LogP contribution < -0.4 is 10.6 Å². The van der Waals surface area contributed by atoms with Gasteiger partial charge in [0.25, 0.3) is 0 Å². The maximum atomic E-state index is 13.4. The van der Waals surface area contributed by atoms with E-state index in [9.17, 15) is 9.36 Å². The van der Waals surface area contributed by atoms with Gasteiger partial charge in [-0.3, -0.25) is 9.36 Å². The highest BCUT2D eigenvalue weighted by Crippen LogP contribution is 2.45. The SMILES string of the molecule is C=CCC(=O)OP(=O)(c1ccc(C)cc1)c1ccc(C)cc1. The Morgan fingerprint density at radius 3 is 1.77 bits per heavy atom. The number of hydrogen-bond donors (Lipinski definition) is 0. The van der Waals surface area contributed by atoms with Crippen LogP contribution in [0, 0.1) is 13.8 Å². The zero-order chi connectivity index (χ0) is 16.2. The lowest BCUT2D eigenvalue weighted by atomic mass is 10.2. The fourth-order valence-electron chi connectivity index (χ4n) is 2.04. The van der Waals surface area contributed by atoms with Crippen LogP contribution >= 0.6 is 7.37 Å². The highest BCUT2D eigenvalue weighted by atomic mass is 31.2. The summed E-state index contributed by atoms with van der Waals surface area (Å²) in [6.07, 6.45) is 1.47. The molecule has 0 aliphatic carbocycles. The lowest BCUT2D eigenvalue weighted by molar-refractivity contribution is -0.132. The van der Waals surface area contributed by atoms with Gasteiger partial charge in [0.1, 0.15) is 0 Å². The molecule has 2 rings (SSSR count). The van der Waals surface area contributed by atoms with Crippen LogP contribution in [0.15, 0.2) is 61.2 Å². The fourth-order valence-corrected chi connectivity index (χ4v) is 3.99. The number of benzene rings is 2. The number of rotatable bonds is 5. The summed E-state index contributed by atoms with van der Waals surface area (Å²) in [7, 11) is -3.45. The molecule has 0 fully saturated rings. The van der Waals surface area contributed by atoms with Crippen LogP contribution in [-0.4, -0.2) is 5.97 Å². The molecule has 0 saturated carbocycles. The van der Waals surface area contributed by atoms with E-state index in [-0.39, 0.29) is 6.42 Å². The Hall–Kier alpha value is -2.12. The summed E-state index contributed by atoms with van der Waals surface area (Å²) in [5, 5.41) is 1.03. The van der Waals surface area contributed by atoms with E-state index < -0.39 is 13.3 Å². The van der Waals surface area contributed by atoms with Gasteiger partial charge in [0, 0.05) is 0 Å². The van der Waals surface area contributed by atoms with Gasteiger partial charge in [0.15, 0.2) is 0 Å². The molecule has 114 valence electrons. The van der Waals surface area contributed by atoms with Gasteiger partial charge in [-0.25, -0.2) is 0 Å². The third kappa shape index (κ3) is 3.55. The topological polar surface area (TPSA) is 43.4 Å². The van der Waals surface area contributed by atoms with Crippen molar-refractivity contribution < 1.29 is 13.9 Å². The molecule has 3 nitrogen and oxygen atoms in total. The van der Waals surface area contributed by atoms with Gasteiger partial charge >= 0.3 is 13.3 Å². The van der Waals surface area contributed by atoms with Crippen molar-refractivity contribution in [2.24, 2.45) is 0 Å². The number of aryl methyl sites for hydroxylation is 2. The van der Waals surface area contributed by atoms with E-state index in [1.807, 2.05) is 38.1 Å². The first-order valence-corrected chi connectivity index (χ1v) is 8.66. The third-order valence-corrected chi connectivity index (χ3v) is 5.71. The fraction of sp³-hybridized carbons (Fsp3) is 0.167. The van der Waals surface area contributed by atoms with Gasteiger partial charge in [-0.15, -0.1) is 6.58 Å². The van der Waals surface area contributed by atoms with Gasteiger partial charge in [-0.2, -0.15) is 0 Å². The summed E-state index contributed by atoms with van der Waals surface area (Å²) in [5.74, 6) is -0.542. The van der Waals surface area contributed by atoms with Crippen LogP contribution in [0.2, 0.25) is 0 Å². The van der Waals surface area contributed by atoms with Gasteiger partial charge in [-0.05, 0) is 38.1 Å². The molecule has 0 radical (unpaired) electrons. The molecule has 2 aromatic carbocycles. The Kier molecular flexibility index (Phi) is 4.99. The van der Waals surface area contributed by atoms with Crippen LogP contribution in [0.4, 0.5) is 0 Å². The minimum atomic E-state index is -3.45. The predicted molar refractivity (Wildman–Crippen MR) is 90.1 cm³/mol. The molecule has 0 bridgehead atoms. The van der Waals surface area contributed by atoms with E-state index in [1.54, 1.807) is 24.3 Å². The lowest BCUT2D eigenvalue weighted by Gasteiger charge is -2.19. The third-order valence-electron chi connectivity index (χ3n) is 3.29. The summed E-state index contributed by atoms with van der Waals surface area (Å²) in [5.41, 5.74) is 2.10. The largest absolute Gasteiger partial charge is 0.404 e. The summed E-state index contributed by atoms with van der Waals surface area (Å²) in [4.78, 5) is 11.9. The molecule has 22 heavy (non-hydrogen) atoms. The maximum Gasteiger partial charge on any atom is 0.315 e. The molecule has 0 aliphatic heterocycles. The van der Waals surface area contributed by atoms with E-state index in [4.69, 9.17) is 4.52 Å². The second-order valence-corrected chi connectivity index (χ2v) is 7.50. The van der Waals surface area contributed by atoms with Crippen LogP contribution in [0.1, 0.15) is 17.5 Å². The lowest BCUT2D eigenvalue weighted by Crippen LogP contribution is -2.20. The standard InChI is InChI=1S/C18H19O3P/c1-4-5-18(19)21-22(20,16-10-6-14(2)7-11-16)17-12-8-15(3)9-13-17/h4,6-13H,1,5H2,2-3H3. The first-order chi connectivity index (χ1) is 10.5. The summed E-state index contributed by atoms with van der Waals surface area (Å²) in [6, 6.07) is 14.4. The normalized spacial score (nSPS) is 11.0. The quantitative estimate of drug-likeness (QED) is 0.625. The van der Waals surface area contributed by atoms with Crippen molar-refractivity contribution in [2.45, 2.75) is 20.3 Å². The van der Waals surface area contributed by atoms with E-state index in [0.29, 0.717) is 10.6 Å². The second kappa shape index (κ2) is 6.76. The van der Waals surface area contributed by atoms with E-state index in [0.717, 1.165) is 11.1 Å². The molecular formula is C18H19O3P. The first-order valence-electron chi connectivity index (χ1n) is 7.03. The number of carbonyl (C=O) groups excluding carboxylic acids is 1. The zero-order valence-corrected chi connectivity index (χ0v) is 13.7. The monoisotopic (exact) mass is 314 g/mol. The molecule has 4 heteroatoms. The maximum absolute atomic E-state index is 13.4. The molecule has 0 spiro atoms. The Bertz CT molecular complexity index is 666. The summed E-state index contributed by atoms with van der Waals surface area (Å²) >= 11 is 0. The van der Waals surface area contributed by atoms with E-state index in [2.05, 4.69) is 6.58 Å². The van der Waals surface area contributed by atoms with Crippen LogP contribution in [0.25, 0.3) is 0 Å². The molecule has 2 aromatic rings. The Labute approximate surface area is 131 Å². The highest BCUT2D eigenvalue weighted by molar-refractivity contribution is 7.74. The summed E-state index contributed by atoms with van der Waals surface area (Å²) < 4.78 is 18.8. The molecular weight excluding hydrogens is 295 g/mol. The predicted octanol–water partition coefficient (Wildman–Crippen LogP) is 3.65. The van der Waals surface area contributed by atoms with Crippen LogP contribution in [-0.2, 0) is 13.9 Å². The van der Waals surface area contributed by atoms with Gasteiger partial charge in [-0.1, -0.05) is 41.5 Å². The highest BCUT2D eigenvalue weighted by Gasteiger charge is 2.31. The van der Waals surface area contributed by atoms with Crippen molar-refractivity contribution in [3.05, 3.63) is 72.3 Å². The Balaban J connectivity index is 2.50. The molecule has 0 aliphatic rings. The molecule has 0 aromatic heterocycles. The number of hydrogen-bond acceptors (Lipinski definition) is 3. The average molecular weight is 314 g/mol. The minimum Gasteiger partial charge on any atom is -0.404 e. The Morgan fingerprint density at radius 2 is 1.41 bits per heavy atom. The van der Waals surface area contributed by atoms with Crippen molar-refractivity contribution in [1.29, 1.82) is 0 Å². The van der Waals surface area contributed by atoms with E-state index >= 15 is 0 Å². The molecule has 0 N–H and O–H groups in total. The molecule has 0 unspecified atom stereocenters. The molecule has 0 amide bonds. The zero-order valence-electron chi connectivity index (χ0n) is 12.8. The van der Waals surface area contributed by atoms with Gasteiger partial charge in [0.05, 0.1) is 17.0 Å². The van der Waals surface area contributed by atoms with E-state index in [1.165, 1.54) is 6.08 Å². The van der Waals surface area contributed by atoms with Crippen molar-refractivity contribution in [3.63, 3.8) is 0 Å². The summed E-state index contributed by atoms with van der Waals surface area (Å²) in [6.45, 7) is 7.41. The molecule has 0 saturated heterocycles. The van der Waals surface area contributed by atoms with Crippen molar-refractivity contribution >= 4 is 23.9 Å². The van der Waals surface area contributed by atoms with Crippen molar-refractivity contribution in [3.8, 4) is 0 Å². The molecule has 0 heterocycles. The van der Waals surface area contributed by atoms with Crippen molar-refractivity contribution in [2.75, 3.05) is 0 Å². The number of carbonyl (C=O) groups is 1. The van der Waals surface area contributed by atoms with Crippen molar-refractivity contribution in [1.82, 2.24) is 0 Å². The molecule has 0 atom stereocenters. The van der Waals surface area contributed by atoms with Crippen LogP contribution in [0.3, 0.4) is 0 Å². The van der Waals surface area contributed by atoms with Crippen LogP contribution in [0.5, 0.6) is 0 Å². The Morgan fingerprint density at radius 1 is 1.00 bits per heavy atom. The minimum absolute atomic E-state index is 0.0295. The first kappa shape index (κ1) is 16.3. The second-order valence-electron chi connectivity index (χ2n) is 5.18. The van der Waals surface area contributed by atoms with Gasteiger partial charge in [0.2, 0.25) is 0 Å². The smallest absolute Gasteiger partial charge is 0.315 e.